The zero-order valence-corrected chi connectivity index (χ0v) is 13.9. The standard InChI is InChI=1S/C12H17ClN2O4S2/c1-8-5-10(13)12(6-11(8)14)21(18,19)15-7-9-3-2-4-20(9,16)17/h5-6,9,15H,2-4,7,14H2,1H3. The van der Waals surface area contributed by atoms with Crippen LogP contribution in [0.25, 0.3) is 0 Å². The summed E-state index contributed by atoms with van der Waals surface area (Å²) in [5, 5.41) is -0.614. The summed E-state index contributed by atoms with van der Waals surface area (Å²) in [5.41, 5.74) is 6.69. The molecule has 1 saturated heterocycles. The lowest BCUT2D eigenvalue weighted by atomic mass is 10.2. The van der Waals surface area contributed by atoms with Crippen molar-refractivity contribution in [3.63, 3.8) is 0 Å². The van der Waals surface area contributed by atoms with E-state index in [1.165, 1.54) is 12.1 Å². The number of sulfonamides is 1. The molecule has 1 fully saturated rings. The molecule has 3 N–H and O–H groups in total. The molecule has 1 aromatic carbocycles. The van der Waals surface area contributed by atoms with Gasteiger partial charge in [-0.15, -0.1) is 0 Å². The van der Waals surface area contributed by atoms with Crippen LogP contribution in [-0.2, 0) is 19.9 Å². The molecule has 2 rings (SSSR count). The molecule has 1 aliphatic rings. The Morgan fingerprint density at radius 2 is 2.10 bits per heavy atom. The number of anilines is 1. The second-order valence-corrected chi connectivity index (χ2v) is 9.67. The minimum Gasteiger partial charge on any atom is -0.398 e. The first-order valence-corrected chi connectivity index (χ1v) is 9.98. The molecule has 0 amide bonds. The maximum atomic E-state index is 12.2. The lowest BCUT2D eigenvalue weighted by molar-refractivity contribution is 0.571. The Hall–Kier alpha value is -0.830. The number of nitrogen functional groups attached to an aromatic ring is 1. The summed E-state index contributed by atoms with van der Waals surface area (Å²) in [6.07, 6.45) is 1.03. The van der Waals surface area contributed by atoms with Crippen LogP contribution in [0.4, 0.5) is 5.69 Å². The topological polar surface area (TPSA) is 106 Å². The van der Waals surface area contributed by atoms with Gasteiger partial charge in [0, 0.05) is 12.2 Å². The Morgan fingerprint density at radius 1 is 1.43 bits per heavy atom. The molecular weight excluding hydrogens is 336 g/mol. The summed E-state index contributed by atoms with van der Waals surface area (Å²) >= 11 is 5.94. The minimum atomic E-state index is -3.89. The highest BCUT2D eigenvalue weighted by atomic mass is 35.5. The zero-order valence-electron chi connectivity index (χ0n) is 11.5. The van der Waals surface area contributed by atoms with Crippen molar-refractivity contribution >= 4 is 37.1 Å². The molecule has 0 aliphatic carbocycles. The number of hydrogen-bond acceptors (Lipinski definition) is 5. The largest absolute Gasteiger partial charge is 0.398 e. The molecule has 1 aromatic rings. The molecule has 1 atom stereocenters. The molecule has 6 nitrogen and oxygen atoms in total. The number of sulfone groups is 1. The maximum Gasteiger partial charge on any atom is 0.242 e. The fourth-order valence-corrected chi connectivity index (χ4v) is 5.81. The van der Waals surface area contributed by atoms with Gasteiger partial charge in [-0.1, -0.05) is 11.6 Å². The lowest BCUT2D eigenvalue weighted by Crippen LogP contribution is -2.34. The summed E-state index contributed by atoms with van der Waals surface area (Å²) in [6.45, 7) is 1.57. The molecule has 0 aromatic heterocycles. The van der Waals surface area contributed by atoms with Gasteiger partial charge in [-0.2, -0.15) is 0 Å². The smallest absolute Gasteiger partial charge is 0.242 e. The van der Waals surface area contributed by atoms with Gasteiger partial charge < -0.3 is 5.73 Å². The fraction of sp³-hybridized carbons (Fsp3) is 0.500. The molecule has 0 radical (unpaired) electrons. The summed E-state index contributed by atoms with van der Waals surface area (Å²) in [7, 11) is -7.10. The Bertz CT molecular complexity index is 760. The van der Waals surface area contributed by atoms with Gasteiger partial charge in [0.25, 0.3) is 0 Å². The van der Waals surface area contributed by atoms with Gasteiger partial charge in [-0.05, 0) is 37.5 Å². The van der Waals surface area contributed by atoms with E-state index in [9.17, 15) is 16.8 Å². The molecule has 118 valence electrons. The van der Waals surface area contributed by atoms with Gasteiger partial charge in [0.1, 0.15) is 4.90 Å². The van der Waals surface area contributed by atoms with Crippen molar-refractivity contribution in [2.24, 2.45) is 0 Å². The number of hydrogen-bond donors (Lipinski definition) is 2. The van der Waals surface area contributed by atoms with Crippen LogP contribution in [0.3, 0.4) is 0 Å². The third-order valence-corrected chi connectivity index (χ3v) is 7.74. The summed E-state index contributed by atoms with van der Waals surface area (Å²) in [5.74, 6) is 0.109. The predicted molar refractivity (Wildman–Crippen MR) is 82.6 cm³/mol. The van der Waals surface area contributed by atoms with Crippen molar-refractivity contribution in [1.82, 2.24) is 4.72 Å². The van der Waals surface area contributed by atoms with Gasteiger partial charge >= 0.3 is 0 Å². The zero-order chi connectivity index (χ0) is 15.8. The number of halogens is 1. The maximum absolute atomic E-state index is 12.2. The van der Waals surface area contributed by atoms with E-state index in [4.69, 9.17) is 17.3 Å². The molecule has 1 aliphatic heterocycles. The van der Waals surface area contributed by atoms with Gasteiger partial charge in [-0.25, -0.2) is 21.6 Å². The minimum absolute atomic E-state index is 0.0588. The molecule has 1 unspecified atom stereocenters. The average Bonchev–Trinajstić information content (AvgIpc) is 2.70. The number of nitrogens with two attached hydrogens (primary N) is 1. The van der Waals surface area contributed by atoms with Crippen LogP contribution in [0, 0.1) is 6.92 Å². The number of rotatable bonds is 4. The Balaban J connectivity index is 2.22. The summed E-state index contributed by atoms with van der Waals surface area (Å²) < 4.78 is 50.2. The van der Waals surface area contributed by atoms with E-state index in [0.717, 1.165) is 0 Å². The molecular formula is C12H17ClN2O4S2. The van der Waals surface area contributed by atoms with Gasteiger partial charge in [0.15, 0.2) is 9.84 Å². The fourth-order valence-electron chi connectivity index (χ4n) is 2.24. The van der Waals surface area contributed by atoms with Crippen LogP contribution in [0.15, 0.2) is 17.0 Å². The van der Waals surface area contributed by atoms with Crippen LogP contribution < -0.4 is 10.5 Å². The number of aryl methyl sites for hydroxylation is 1. The first-order chi connectivity index (χ1) is 9.63. The van der Waals surface area contributed by atoms with Crippen LogP contribution in [0.5, 0.6) is 0 Å². The number of nitrogens with one attached hydrogen (secondary N) is 1. The normalized spacial score (nSPS) is 21.5. The summed E-state index contributed by atoms with van der Waals surface area (Å²) in [4.78, 5) is -0.136. The summed E-state index contributed by atoms with van der Waals surface area (Å²) in [6, 6.07) is 2.75. The lowest BCUT2D eigenvalue weighted by Gasteiger charge is -2.13. The highest BCUT2D eigenvalue weighted by molar-refractivity contribution is 7.92. The Labute approximate surface area is 129 Å². The van der Waals surface area contributed by atoms with E-state index in [-0.39, 0.29) is 22.2 Å². The van der Waals surface area contributed by atoms with E-state index in [2.05, 4.69) is 4.72 Å². The molecule has 9 heteroatoms. The second kappa shape index (κ2) is 5.75. The van der Waals surface area contributed by atoms with Crippen molar-refractivity contribution in [3.05, 3.63) is 22.7 Å². The highest BCUT2D eigenvalue weighted by Crippen LogP contribution is 2.27. The van der Waals surface area contributed by atoms with Crippen molar-refractivity contribution in [2.45, 2.75) is 29.9 Å². The van der Waals surface area contributed by atoms with E-state index >= 15 is 0 Å². The molecule has 0 saturated carbocycles. The average molecular weight is 353 g/mol. The van der Waals surface area contributed by atoms with Crippen LogP contribution in [0.1, 0.15) is 18.4 Å². The van der Waals surface area contributed by atoms with Crippen molar-refractivity contribution in [1.29, 1.82) is 0 Å². The molecule has 1 heterocycles. The van der Waals surface area contributed by atoms with E-state index in [1.807, 2.05) is 0 Å². The van der Waals surface area contributed by atoms with E-state index in [1.54, 1.807) is 6.92 Å². The number of benzene rings is 1. The van der Waals surface area contributed by atoms with Gasteiger partial charge in [0.2, 0.25) is 10.0 Å². The Morgan fingerprint density at radius 3 is 2.67 bits per heavy atom. The third kappa shape index (κ3) is 3.50. The molecule has 0 bridgehead atoms. The molecule has 21 heavy (non-hydrogen) atoms. The second-order valence-electron chi connectivity index (χ2n) is 5.12. The van der Waals surface area contributed by atoms with Crippen molar-refractivity contribution in [2.75, 3.05) is 18.0 Å². The first kappa shape index (κ1) is 16.5. The predicted octanol–water partition coefficient (Wildman–Crippen LogP) is 1.09. The van der Waals surface area contributed by atoms with Crippen molar-refractivity contribution < 1.29 is 16.8 Å². The highest BCUT2D eigenvalue weighted by Gasteiger charge is 2.32. The van der Waals surface area contributed by atoms with E-state index < -0.39 is 25.1 Å². The SMILES string of the molecule is Cc1cc(Cl)c(S(=O)(=O)NCC2CCCS2(=O)=O)cc1N. The first-order valence-electron chi connectivity index (χ1n) is 6.40. The quantitative estimate of drug-likeness (QED) is 0.789. The third-order valence-electron chi connectivity index (χ3n) is 3.57. The van der Waals surface area contributed by atoms with Crippen LogP contribution >= 0.6 is 11.6 Å². The molecule has 0 spiro atoms. The Kier molecular flexibility index (Phi) is 4.53. The monoisotopic (exact) mass is 352 g/mol. The van der Waals surface area contributed by atoms with Crippen LogP contribution in [-0.4, -0.2) is 34.4 Å². The van der Waals surface area contributed by atoms with Gasteiger partial charge in [-0.3, -0.25) is 0 Å². The van der Waals surface area contributed by atoms with Crippen molar-refractivity contribution in [3.8, 4) is 0 Å². The van der Waals surface area contributed by atoms with Crippen LogP contribution in [0.2, 0.25) is 5.02 Å². The van der Waals surface area contributed by atoms with E-state index in [0.29, 0.717) is 24.1 Å². The van der Waals surface area contributed by atoms with Gasteiger partial charge in [0.05, 0.1) is 16.0 Å².